The van der Waals surface area contributed by atoms with Gasteiger partial charge in [0, 0.05) is 32.1 Å². The fourth-order valence-corrected chi connectivity index (χ4v) is 1.77. The van der Waals surface area contributed by atoms with Crippen LogP contribution in [0.1, 0.15) is 12.0 Å². The van der Waals surface area contributed by atoms with Crippen molar-refractivity contribution in [3.8, 4) is 0 Å². The Bertz CT molecular complexity index is 457. The summed E-state index contributed by atoms with van der Waals surface area (Å²) in [6.45, 7) is 0.419. The van der Waals surface area contributed by atoms with Crippen molar-refractivity contribution in [1.82, 2.24) is 5.32 Å². The van der Waals surface area contributed by atoms with Gasteiger partial charge in [0.25, 0.3) is 0 Å². The van der Waals surface area contributed by atoms with E-state index in [1.807, 2.05) is 0 Å². The van der Waals surface area contributed by atoms with Gasteiger partial charge in [0.1, 0.15) is 5.82 Å². The largest absolute Gasteiger partial charge is 0.394 e. The summed E-state index contributed by atoms with van der Waals surface area (Å²) in [5, 5.41) is 14.4. The molecule has 0 bridgehead atoms. The van der Waals surface area contributed by atoms with E-state index in [0.29, 0.717) is 24.3 Å². The number of ether oxygens (including phenoxy) is 2. The smallest absolute Gasteiger partial charge is 0.319 e. The normalized spacial score (nSPS) is 12.0. The lowest BCUT2D eigenvalue weighted by atomic mass is 10.2. The molecule has 2 amide bonds. The lowest BCUT2D eigenvalue weighted by Crippen LogP contribution is -2.41. The van der Waals surface area contributed by atoms with Gasteiger partial charge in [0.2, 0.25) is 0 Å². The molecule has 0 heterocycles. The lowest BCUT2D eigenvalue weighted by Gasteiger charge is -2.17. The van der Waals surface area contributed by atoms with E-state index in [-0.39, 0.29) is 13.2 Å². The zero-order valence-corrected chi connectivity index (χ0v) is 12.2. The minimum absolute atomic E-state index is 0.181. The predicted octanol–water partition coefficient (Wildman–Crippen LogP) is 1.49. The van der Waals surface area contributed by atoms with E-state index in [2.05, 4.69) is 10.6 Å². The van der Waals surface area contributed by atoms with Crippen molar-refractivity contribution in [1.29, 1.82) is 0 Å². The van der Waals surface area contributed by atoms with E-state index in [0.717, 1.165) is 0 Å². The van der Waals surface area contributed by atoms with Gasteiger partial charge in [-0.05, 0) is 24.6 Å². The van der Waals surface area contributed by atoms with E-state index in [4.69, 9.17) is 9.47 Å². The molecule has 0 fully saturated rings. The fraction of sp³-hybridized carbons (Fsp3) is 0.500. The maximum atomic E-state index is 13.2. The number of methoxy groups -OCH3 is 2. The van der Waals surface area contributed by atoms with E-state index in [9.17, 15) is 14.3 Å². The van der Waals surface area contributed by atoms with Gasteiger partial charge in [0.05, 0.1) is 19.3 Å². The van der Waals surface area contributed by atoms with Crippen LogP contribution in [0.2, 0.25) is 0 Å². The van der Waals surface area contributed by atoms with Crippen LogP contribution in [0.4, 0.5) is 14.9 Å². The number of carbonyl (C=O) groups excluding carboxylic acids is 1. The monoisotopic (exact) mass is 300 g/mol. The SMILES string of the molecule is COCC[C@@H](CO)NC(=O)Nc1ccc(F)cc1COC. The maximum Gasteiger partial charge on any atom is 0.319 e. The highest BCUT2D eigenvalue weighted by Crippen LogP contribution is 2.17. The second-order valence-electron chi connectivity index (χ2n) is 4.49. The van der Waals surface area contributed by atoms with Crippen molar-refractivity contribution >= 4 is 11.7 Å². The fourth-order valence-electron chi connectivity index (χ4n) is 1.77. The molecule has 0 saturated heterocycles. The quantitative estimate of drug-likeness (QED) is 0.679. The number of hydrogen-bond donors (Lipinski definition) is 3. The Balaban J connectivity index is 2.65. The Morgan fingerprint density at radius 2 is 2.14 bits per heavy atom. The number of anilines is 1. The second kappa shape index (κ2) is 9.28. The number of halogens is 1. The Morgan fingerprint density at radius 1 is 1.38 bits per heavy atom. The average Bonchev–Trinajstić information content (AvgIpc) is 2.46. The molecule has 1 rings (SSSR count). The third kappa shape index (κ3) is 6.07. The zero-order valence-electron chi connectivity index (χ0n) is 12.2. The van der Waals surface area contributed by atoms with Crippen LogP contribution in [0.15, 0.2) is 18.2 Å². The van der Waals surface area contributed by atoms with Crippen molar-refractivity contribution in [3.05, 3.63) is 29.6 Å². The van der Waals surface area contributed by atoms with Crippen LogP contribution in [0.25, 0.3) is 0 Å². The second-order valence-corrected chi connectivity index (χ2v) is 4.49. The molecule has 1 aromatic rings. The summed E-state index contributed by atoms with van der Waals surface area (Å²) >= 11 is 0. The molecule has 0 aliphatic rings. The first-order valence-corrected chi connectivity index (χ1v) is 6.55. The Hall–Kier alpha value is -1.70. The standard InChI is InChI=1S/C14H21FN2O4/c1-20-6-5-12(8-18)16-14(19)17-13-4-3-11(15)7-10(13)9-21-2/h3-4,7,12,18H,5-6,8-9H2,1-2H3,(H2,16,17,19)/t12-/m0/s1. The van der Waals surface area contributed by atoms with Gasteiger partial charge in [-0.3, -0.25) is 0 Å². The van der Waals surface area contributed by atoms with Crippen LogP contribution in [0, 0.1) is 5.82 Å². The van der Waals surface area contributed by atoms with Crippen LogP contribution < -0.4 is 10.6 Å². The average molecular weight is 300 g/mol. The number of urea groups is 1. The molecule has 0 spiro atoms. The highest BCUT2D eigenvalue weighted by molar-refractivity contribution is 5.90. The highest BCUT2D eigenvalue weighted by atomic mass is 19.1. The van der Waals surface area contributed by atoms with Gasteiger partial charge in [-0.25, -0.2) is 9.18 Å². The first kappa shape index (κ1) is 17.4. The van der Waals surface area contributed by atoms with Gasteiger partial charge in [-0.2, -0.15) is 0 Å². The van der Waals surface area contributed by atoms with Crippen LogP contribution in [-0.4, -0.2) is 44.6 Å². The van der Waals surface area contributed by atoms with Crippen LogP contribution in [0.3, 0.4) is 0 Å². The maximum absolute atomic E-state index is 13.2. The number of rotatable bonds is 8. The van der Waals surface area contributed by atoms with E-state index in [1.54, 1.807) is 7.11 Å². The molecule has 118 valence electrons. The lowest BCUT2D eigenvalue weighted by molar-refractivity contribution is 0.161. The molecule has 0 radical (unpaired) electrons. The minimum Gasteiger partial charge on any atom is -0.394 e. The number of nitrogens with one attached hydrogen (secondary N) is 2. The molecule has 7 heteroatoms. The summed E-state index contributed by atoms with van der Waals surface area (Å²) in [5.41, 5.74) is 0.990. The van der Waals surface area contributed by atoms with E-state index < -0.39 is 17.9 Å². The number of carbonyl (C=O) groups is 1. The third-order valence-electron chi connectivity index (χ3n) is 2.84. The molecule has 0 aliphatic heterocycles. The number of aliphatic hydroxyl groups is 1. The predicted molar refractivity (Wildman–Crippen MR) is 76.6 cm³/mol. The van der Waals surface area contributed by atoms with Crippen molar-refractivity contribution in [2.45, 2.75) is 19.1 Å². The summed E-state index contributed by atoms with van der Waals surface area (Å²) in [5.74, 6) is -0.402. The Morgan fingerprint density at radius 3 is 2.76 bits per heavy atom. The molecular formula is C14H21FN2O4. The molecule has 3 N–H and O–H groups in total. The Kier molecular flexibility index (Phi) is 7.66. The van der Waals surface area contributed by atoms with Gasteiger partial charge in [-0.15, -0.1) is 0 Å². The molecule has 0 aliphatic carbocycles. The molecule has 1 atom stereocenters. The van der Waals surface area contributed by atoms with Gasteiger partial charge in [-0.1, -0.05) is 0 Å². The van der Waals surface area contributed by atoms with Gasteiger partial charge < -0.3 is 25.2 Å². The van der Waals surface area contributed by atoms with E-state index >= 15 is 0 Å². The van der Waals surface area contributed by atoms with Crippen molar-refractivity contribution in [3.63, 3.8) is 0 Å². The molecular weight excluding hydrogens is 279 g/mol. The summed E-state index contributed by atoms with van der Waals surface area (Å²) < 4.78 is 23.0. The van der Waals surface area contributed by atoms with E-state index in [1.165, 1.54) is 25.3 Å². The molecule has 1 aromatic carbocycles. The van der Waals surface area contributed by atoms with Crippen LogP contribution in [0.5, 0.6) is 0 Å². The molecule has 0 aromatic heterocycles. The number of benzene rings is 1. The van der Waals surface area contributed by atoms with Crippen molar-refractivity contribution in [2.75, 3.05) is 32.8 Å². The number of amides is 2. The number of hydrogen-bond acceptors (Lipinski definition) is 4. The molecule has 0 saturated carbocycles. The first-order chi connectivity index (χ1) is 10.1. The molecule has 21 heavy (non-hydrogen) atoms. The minimum atomic E-state index is -0.478. The summed E-state index contributed by atoms with van der Waals surface area (Å²) in [7, 11) is 3.03. The third-order valence-corrected chi connectivity index (χ3v) is 2.84. The molecule has 0 unspecified atom stereocenters. The summed E-state index contributed by atoms with van der Waals surface area (Å²) in [6, 6.07) is 3.13. The Labute approximate surface area is 123 Å². The van der Waals surface area contributed by atoms with Crippen LogP contribution in [-0.2, 0) is 16.1 Å². The summed E-state index contributed by atoms with van der Waals surface area (Å²) in [6.07, 6.45) is 0.495. The van der Waals surface area contributed by atoms with Crippen LogP contribution >= 0.6 is 0 Å². The van der Waals surface area contributed by atoms with Gasteiger partial charge in [0.15, 0.2) is 0 Å². The topological polar surface area (TPSA) is 79.8 Å². The van der Waals surface area contributed by atoms with Crippen molar-refractivity contribution < 1.29 is 23.8 Å². The first-order valence-electron chi connectivity index (χ1n) is 6.55. The van der Waals surface area contributed by atoms with Crippen molar-refractivity contribution in [2.24, 2.45) is 0 Å². The highest BCUT2D eigenvalue weighted by Gasteiger charge is 2.13. The zero-order chi connectivity index (χ0) is 15.7. The van der Waals surface area contributed by atoms with Gasteiger partial charge >= 0.3 is 6.03 Å². The molecule has 6 nitrogen and oxygen atoms in total. The number of aliphatic hydroxyl groups excluding tert-OH is 1. The summed E-state index contributed by atoms with van der Waals surface area (Å²) in [4.78, 5) is 11.9.